The van der Waals surface area contributed by atoms with Crippen LogP contribution in [-0.4, -0.2) is 36.9 Å². The van der Waals surface area contributed by atoms with Crippen LogP contribution in [0.1, 0.15) is 29.9 Å². The average molecular weight is 395 g/mol. The number of aryl methyl sites for hydroxylation is 1. The van der Waals surface area contributed by atoms with Gasteiger partial charge in [-0.05, 0) is 26.1 Å². The van der Waals surface area contributed by atoms with Crippen molar-refractivity contribution in [1.82, 2.24) is 25.1 Å². The Bertz CT molecular complexity index is 813. The van der Waals surface area contributed by atoms with Gasteiger partial charge in [-0.2, -0.15) is 18.3 Å². The molecule has 0 bridgehead atoms. The Balaban J connectivity index is 2.14. The molecule has 0 fully saturated rings. The smallest absolute Gasteiger partial charge is 0.374 e. The second-order valence-electron chi connectivity index (χ2n) is 5.29. The van der Waals surface area contributed by atoms with Crippen molar-refractivity contribution in [3.05, 3.63) is 26.7 Å². The summed E-state index contributed by atoms with van der Waals surface area (Å²) >= 11 is 5.64. The molecule has 1 atom stereocenters. The lowest BCUT2D eigenvalue weighted by atomic mass is 9.99. The molecule has 2 heterocycles. The summed E-state index contributed by atoms with van der Waals surface area (Å²) in [5, 5.41) is 19.7. The van der Waals surface area contributed by atoms with E-state index in [0.29, 0.717) is 34.2 Å². The predicted octanol–water partition coefficient (Wildman–Crippen LogP) is 2.18. The summed E-state index contributed by atoms with van der Waals surface area (Å²) in [5.41, 5.74) is -3.01. The molecular weight excluding hydrogens is 379 g/mol. The van der Waals surface area contributed by atoms with Crippen LogP contribution < -0.4 is 5.32 Å². The quantitative estimate of drug-likeness (QED) is 0.652. The molecule has 0 spiro atoms. The number of amides is 1. The number of hydrogen-bond donors (Lipinski definition) is 3. The second-order valence-corrected chi connectivity index (χ2v) is 6.54. The van der Waals surface area contributed by atoms with Crippen LogP contribution in [0.2, 0.25) is 0 Å². The Labute approximate surface area is 149 Å². The number of aromatic nitrogens is 4. The van der Waals surface area contributed by atoms with E-state index in [1.54, 1.807) is 4.57 Å². The van der Waals surface area contributed by atoms with Gasteiger partial charge in [-0.1, -0.05) is 0 Å². The molecule has 3 N–H and O–H groups in total. The van der Waals surface area contributed by atoms with E-state index >= 15 is 0 Å². The van der Waals surface area contributed by atoms with Crippen molar-refractivity contribution in [2.24, 2.45) is 0 Å². The first-order chi connectivity index (χ1) is 11.6. The summed E-state index contributed by atoms with van der Waals surface area (Å²) in [7, 11) is 0. The molecule has 0 aliphatic heterocycles. The highest BCUT2D eigenvalue weighted by atomic mass is 32.1. The average Bonchev–Trinajstić information content (AvgIpc) is 3.10. The van der Waals surface area contributed by atoms with Crippen molar-refractivity contribution in [3.8, 4) is 0 Å². The Morgan fingerprint density at radius 3 is 2.72 bits per heavy atom. The van der Waals surface area contributed by atoms with E-state index in [2.05, 4.69) is 20.5 Å². The zero-order chi connectivity index (χ0) is 18.8. The van der Waals surface area contributed by atoms with Crippen LogP contribution >= 0.6 is 23.6 Å². The fraction of sp³-hybridized carbons (Fsp3) is 0.538. The van der Waals surface area contributed by atoms with Crippen LogP contribution in [-0.2, 0) is 23.5 Å². The maximum absolute atomic E-state index is 13.3. The third kappa shape index (κ3) is 4.07. The number of carbonyl (C=O) groups is 1. The van der Waals surface area contributed by atoms with E-state index in [-0.39, 0.29) is 6.54 Å². The van der Waals surface area contributed by atoms with Gasteiger partial charge in [-0.3, -0.25) is 9.89 Å². The van der Waals surface area contributed by atoms with Crippen molar-refractivity contribution in [2.45, 2.75) is 45.1 Å². The number of carbonyl (C=O) groups excluding carboxylic acids is 1. The number of halogens is 3. The van der Waals surface area contributed by atoms with Gasteiger partial charge in [0.15, 0.2) is 10.6 Å². The summed E-state index contributed by atoms with van der Waals surface area (Å²) in [5.74, 6) is -0.606. The predicted molar refractivity (Wildman–Crippen MR) is 86.4 cm³/mol. The van der Waals surface area contributed by atoms with Crippen molar-refractivity contribution in [3.63, 3.8) is 0 Å². The van der Waals surface area contributed by atoms with Gasteiger partial charge in [-0.15, -0.1) is 11.3 Å². The molecule has 0 saturated carbocycles. The van der Waals surface area contributed by atoms with Gasteiger partial charge >= 0.3 is 6.18 Å². The van der Waals surface area contributed by atoms with E-state index in [4.69, 9.17) is 12.2 Å². The Morgan fingerprint density at radius 1 is 1.52 bits per heavy atom. The fourth-order valence-corrected chi connectivity index (χ4v) is 3.32. The highest BCUT2D eigenvalue weighted by Gasteiger charge is 2.58. The minimum Gasteiger partial charge on any atom is -0.374 e. The topological polar surface area (TPSA) is 95.8 Å². The first-order valence-electron chi connectivity index (χ1n) is 7.21. The molecule has 0 aromatic carbocycles. The van der Waals surface area contributed by atoms with Gasteiger partial charge in [0, 0.05) is 17.6 Å². The van der Waals surface area contributed by atoms with Crippen LogP contribution in [0.25, 0.3) is 0 Å². The van der Waals surface area contributed by atoms with Crippen molar-refractivity contribution >= 4 is 29.5 Å². The first-order valence-corrected chi connectivity index (χ1v) is 8.49. The minimum absolute atomic E-state index is 0.120. The highest BCUT2D eigenvalue weighted by molar-refractivity contribution is 7.71. The minimum atomic E-state index is -5.04. The zero-order valence-electron chi connectivity index (χ0n) is 13.3. The van der Waals surface area contributed by atoms with Gasteiger partial charge in [-0.25, -0.2) is 4.98 Å². The van der Waals surface area contributed by atoms with Gasteiger partial charge in [0.25, 0.3) is 0 Å². The summed E-state index contributed by atoms with van der Waals surface area (Å²) < 4.78 is 42.0. The number of aromatic amines is 1. The zero-order valence-corrected chi connectivity index (χ0v) is 15.0. The lowest BCUT2D eigenvalue weighted by Crippen LogP contribution is -2.46. The van der Waals surface area contributed by atoms with Crippen LogP contribution in [0, 0.1) is 11.7 Å². The lowest BCUT2D eigenvalue weighted by Gasteiger charge is -2.27. The third-order valence-corrected chi connectivity index (χ3v) is 4.88. The third-order valence-electron chi connectivity index (χ3n) is 3.46. The number of aliphatic hydroxyl groups is 1. The maximum atomic E-state index is 13.3. The fourth-order valence-electron chi connectivity index (χ4n) is 2.12. The van der Waals surface area contributed by atoms with E-state index in [0.717, 1.165) is 0 Å². The Kier molecular flexibility index (Phi) is 5.64. The van der Waals surface area contributed by atoms with Crippen LogP contribution in [0.4, 0.5) is 13.2 Å². The van der Waals surface area contributed by atoms with Gasteiger partial charge in [0.2, 0.25) is 11.5 Å². The standard InChI is InChI=1S/C13H16F3N5O2S2/c1-3-21-8(19-20-11(21)24)5-17-9(22)4-12(23,13(14,15)16)10-18-7(2)6-25-10/h6,23H,3-5H2,1-2H3,(H,17,22)(H,20,24). The number of nitrogens with one attached hydrogen (secondary N) is 2. The SMILES string of the molecule is CCn1c(CNC(=O)CC(O)(c2nc(C)cs2)C(F)(F)F)n[nH]c1=S. The number of rotatable bonds is 6. The van der Waals surface area contributed by atoms with Gasteiger partial charge in [0.05, 0.1) is 13.0 Å². The summed E-state index contributed by atoms with van der Waals surface area (Å²) in [6, 6.07) is 0. The first kappa shape index (κ1) is 19.5. The molecule has 2 aromatic heterocycles. The molecule has 0 saturated heterocycles. The molecule has 1 unspecified atom stereocenters. The normalized spacial score (nSPS) is 14.3. The number of nitrogens with zero attached hydrogens (tertiary/aromatic N) is 3. The molecule has 2 rings (SSSR count). The molecule has 0 aliphatic rings. The number of hydrogen-bond acceptors (Lipinski definition) is 6. The second kappa shape index (κ2) is 7.22. The molecule has 2 aromatic rings. The van der Waals surface area contributed by atoms with E-state index in [9.17, 15) is 23.1 Å². The lowest BCUT2D eigenvalue weighted by molar-refractivity contribution is -0.267. The Morgan fingerprint density at radius 2 is 2.20 bits per heavy atom. The van der Waals surface area contributed by atoms with Gasteiger partial charge in [0.1, 0.15) is 5.01 Å². The summed E-state index contributed by atoms with van der Waals surface area (Å²) in [6.45, 7) is 3.68. The molecule has 0 radical (unpaired) electrons. The number of thiazole rings is 1. The maximum Gasteiger partial charge on any atom is 0.424 e. The van der Waals surface area contributed by atoms with Crippen molar-refractivity contribution in [1.29, 1.82) is 0 Å². The Hall–Kier alpha value is -1.79. The molecule has 25 heavy (non-hydrogen) atoms. The molecule has 1 amide bonds. The van der Waals surface area contributed by atoms with Crippen molar-refractivity contribution < 1.29 is 23.1 Å². The van der Waals surface area contributed by atoms with E-state index in [1.807, 2.05) is 6.92 Å². The molecule has 12 heteroatoms. The molecular formula is C13H16F3N5O2S2. The molecule has 0 aliphatic carbocycles. The summed E-state index contributed by atoms with van der Waals surface area (Å²) in [6.07, 6.45) is -6.24. The molecule has 7 nitrogen and oxygen atoms in total. The van der Waals surface area contributed by atoms with E-state index in [1.165, 1.54) is 12.3 Å². The van der Waals surface area contributed by atoms with Crippen molar-refractivity contribution in [2.75, 3.05) is 0 Å². The summed E-state index contributed by atoms with van der Waals surface area (Å²) in [4.78, 5) is 15.7. The van der Waals surface area contributed by atoms with Gasteiger partial charge < -0.3 is 15.0 Å². The van der Waals surface area contributed by atoms with Crippen LogP contribution in [0.5, 0.6) is 0 Å². The van der Waals surface area contributed by atoms with Crippen LogP contribution in [0.15, 0.2) is 5.38 Å². The van der Waals surface area contributed by atoms with Crippen LogP contribution in [0.3, 0.4) is 0 Å². The highest BCUT2D eigenvalue weighted by Crippen LogP contribution is 2.42. The monoisotopic (exact) mass is 395 g/mol. The largest absolute Gasteiger partial charge is 0.424 e. The molecule has 138 valence electrons. The number of alkyl halides is 3. The van der Waals surface area contributed by atoms with E-state index < -0.39 is 29.1 Å². The number of H-pyrrole nitrogens is 1.